The summed E-state index contributed by atoms with van der Waals surface area (Å²) in [7, 11) is 2.00. The topological polar surface area (TPSA) is 92.7 Å². The average Bonchev–Trinajstić information content (AvgIpc) is 2.95. The van der Waals surface area contributed by atoms with Gasteiger partial charge in [-0.2, -0.15) is 0 Å². The summed E-state index contributed by atoms with van der Waals surface area (Å²) >= 11 is 1.80. The van der Waals surface area contributed by atoms with Crippen LogP contribution < -0.4 is 10.9 Å². The number of nitrogens with one attached hydrogen (secondary N) is 2. The normalized spacial score (nSPS) is 21.1. The van der Waals surface area contributed by atoms with Crippen LogP contribution in [0.3, 0.4) is 0 Å². The van der Waals surface area contributed by atoms with Crippen LogP contribution >= 0.6 is 11.8 Å². The Labute approximate surface area is 137 Å². The van der Waals surface area contributed by atoms with Crippen molar-refractivity contribution >= 4 is 17.7 Å². The van der Waals surface area contributed by atoms with Crippen molar-refractivity contribution in [1.29, 1.82) is 0 Å². The van der Waals surface area contributed by atoms with E-state index in [-0.39, 0.29) is 23.2 Å². The Balaban J connectivity index is 1.49. The first kappa shape index (κ1) is 15.8. The lowest BCUT2D eigenvalue weighted by Crippen LogP contribution is -2.38. The fourth-order valence-electron chi connectivity index (χ4n) is 2.67. The van der Waals surface area contributed by atoms with Gasteiger partial charge in [0.05, 0.1) is 6.20 Å². The van der Waals surface area contributed by atoms with Gasteiger partial charge in [0.2, 0.25) is 0 Å². The van der Waals surface area contributed by atoms with Crippen LogP contribution in [0.5, 0.6) is 0 Å². The summed E-state index contributed by atoms with van der Waals surface area (Å²) in [5, 5.41) is 4.57. The van der Waals surface area contributed by atoms with Crippen molar-refractivity contribution < 1.29 is 4.79 Å². The Bertz CT molecular complexity index is 713. The van der Waals surface area contributed by atoms with Gasteiger partial charge in [-0.1, -0.05) is 11.8 Å². The van der Waals surface area contributed by atoms with Crippen molar-refractivity contribution in [3.8, 4) is 0 Å². The summed E-state index contributed by atoms with van der Waals surface area (Å²) in [4.78, 5) is 33.7. The number of carbonyl (C=O) groups is 1. The molecular weight excluding hydrogens is 314 g/mol. The first-order valence-corrected chi connectivity index (χ1v) is 8.49. The van der Waals surface area contributed by atoms with E-state index in [0.29, 0.717) is 5.25 Å². The Morgan fingerprint density at radius 3 is 2.74 bits per heavy atom. The highest BCUT2D eigenvalue weighted by atomic mass is 32.2. The Morgan fingerprint density at radius 2 is 2.13 bits per heavy atom. The standard InChI is InChI=1S/C15H19N5O2S/c1-20-7-6-16-15(20)23-11-4-2-10(3-5-11)19-14(22)12-8-18-13(21)9-17-12/h6-11H,2-5H2,1H3,(H,18,21)(H,19,22). The van der Waals surface area contributed by atoms with Gasteiger partial charge in [-0.3, -0.25) is 9.59 Å². The van der Waals surface area contributed by atoms with E-state index in [1.807, 2.05) is 24.0 Å². The summed E-state index contributed by atoms with van der Waals surface area (Å²) < 4.78 is 2.03. The molecule has 0 saturated heterocycles. The van der Waals surface area contributed by atoms with Crippen molar-refractivity contribution in [2.45, 2.75) is 42.1 Å². The smallest absolute Gasteiger partial charge is 0.271 e. The van der Waals surface area contributed by atoms with Crippen LogP contribution in [0.1, 0.15) is 36.2 Å². The third kappa shape index (κ3) is 4.01. The molecule has 122 valence electrons. The molecule has 0 bridgehead atoms. The van der Waals surface area contributed by atoms with Gasteiger partial charge in [-0.05, 0) is 25.7 Å². The summed E-state index contributed by atoms with van der Waals surface area (Å²) in [6.07, 6.45) is 10.2. The van der Waals surface area contributed by atoms with Crippen LogP contribution in [0, 0.1) is 0 Å². The zero-order valence-corrected chi connectivity index (χ0v) is 13.7. The number of H-pyrrole nitrogens is 1. The lowest BCUT2D eigenvalue weighted by molar-refractivity contribution is 0.0922. The molecule has 0 aromatic carbocycles. The van der Waals surface area contributed by atoms with Gasteiger partial charge in [-0.25, -0.2) is 9.97 Å². The molecule has 1 aliphatic rings. The number of amides is 1. The third-order valence-corrected chi connectivity index (χ3v) is 5.37. The number of aromatic amines is 1. The van der Waals surface area contributed by atoms with Crippen molar-refractivity contribution in [1.82, 2.24) is 24.8 Å². The summed E-state index contributed by atoms with van der Waals surface area (Å²) in [5.41, 5.74) is -0.0672. The van der Waals surface area contributed by atoms with E-state index in [2.05, 4.69) is 20.3 Å². The van der Waals surface area contributed by atoms with E-state index in [4.69, 9.17) is 0 Å². The molecule has 2 heterocycles. The molecule has 0 radical (unpaired) electrons. The van der Waals surface area contributed by atoms with Crippen molar-refractivity contribution in [2.75, 3.05) is 0 Å². The largest absolute Gasteiger partial charge is 0.348 e. The van der Waals surface area contributed by atoms with E-state index in [0.717, 1.165) is 37.0 Å². The number of hydrogen-bond donors (Lipinski definition) is 2. The lowest BCUT2D eigenvalue weighted by Gasteiger charge is -2.28. The molecule has 1 saturated carbocycles. The Morgan fingerprint density at radius 1 is 1.35 bits per heavy atom. The van der Waals surface area contributed by atoms with E-state index < -0.39 is 0 Å². The molecule has 1 aliphatic carbocycles. The molecule has 3 rings (SSSR count). The van der Waals surface area contributed by atoms with Crippen molar-refractivity contribution in [3.05, 3.63) is 40.8 Å². The second kappa shape index (κ2) is 6.99. The van der Waals surface area contributed by atoms with Gasteiger partial charge in [0, 0.05) is 36.9 Å². The fourth-order valence-corrected chi connectivity index (χ4v) is 3.82. The van der Waals surface area contributed by atoms with Gasteiger partial charge in [0.1, 0.15) is 5.69 Å². The summed E-state index contributed by atoms with van der Waals surface area (Å²) in [6, 6.07) is 0.162. The monoisotopic (exact) mass is 333 g/mol. The number of hydrogen-bond acceptors (Lipinski definition) is 5. The van der Waals surface area contributed by atoms with Crippen molar-refractivity contribution in [2.24, 2.45) is 7.05 Å². The van der Waals surface area contributed by atoms with Crippen LogP contribution in [0.15, 0.2) is 34.7 Å². The lowest BCUT2D eigenvalue weighted by atomic mass is 9.95. The highest BCUT2D eigenvalue weighted by molar-refractivity contribution is 7.99. The van der Waals surface area contributed by atoms with Crippen LogP contribution in [-0.2, 0) is 7.05 Å². The second-order valence-electron chi connectivity index (χ2n) is 5.68. The molecule has 2 aromatic rings. The average molecular weight is 333 g/mol. The Kier molecular flexibility index (Phi) is 4.80. The maximum absolute atomic E-state index is 12.1. The fraction of sp³-hybridized carbons (Fsp3) is 0.467. The predicted molar refractivity (Wildman–Crippen MR) is 87.4 cm³/mol. The molecule has 23 heavy (non-hydrogen) atoms. The van der Waals surface area contributed by atoms with E-state index >= 15 is 0 Å². The number of aryl methyl sites for hydroxylation is 1. The van der Waals surface area contributed by atoms with Gasteiger partial charge in [-0.15, -0.1) is 0 Å². The molecule has 8 heteroatoms. The van der Waals surface area contributed by atoms with Gasteiger partial charge in [0.25, 0.3) is 11.5 Å². The van der Waals surface area contributed by atoms with Gasteiger partial charge in [0.15, 0.2) is 5.16 Å². The number of imidazole rings is 1. The van der Waals surface area contributed by atoms with E-state index in [1.54, 1.807) is 11.8 Å². The van der Waals surface area contributed by atoms with Gasteiger partial charge < -0.3 is 14.9 Å². The maximum Gasteiger partial charge on any atom is 0.271 e. The molecule has 0 atom stereocenters. The summed E-state index contributed by atoms with van der Waals surface area (Å²) in [6.45, 7) is 0. The first-order chi connectivity index (χ1) is 11.1. The molecule has 1 amide bonds. The van der Waals surface area contributed by atoms with Crippen LogP contribution in [-0.4, -0.2) is 36.7 Å². The molecule has 0 spiro atoms. The first-order valence-electron chi connectivity index (χ1n) is 7.61. The number of rotatable bonds is 4. The predicted octanol–water partition coefficient (Wildman–Crippen LogP) is 1.34. The third-order valence-electron chi connectivity index (χ3n) is 3.96. The second-order valence-corrected chi connectivity index (χ2v) is 6.95. The van der Waals surface area contributed by atoms with Gasteiger partial charge >= 0.3 is 0 Å². The highest BCUT2D eigenvalue weighted by Crippen LogP contribution is 2.32. The molecule has 0 aliphatic heterocycles. The molecule has 7 nitrogen and oxygen atoms in total. The zero-order valence-electron chi connectivity index (χ0n) is 12.9. The van der Waals surface area contributed by atoms with E-state index in [1.165, 1.54) is 6.20 Å². The number of thioether (sulfide) groups is 1. The van der Waals surface area contributed by atoms with Crippen LogP contribution in [0.25, 0.3) is 0 Å². The minimum atomic E-state index is -0.312. The number of carbonyl (C=O) groups excluding carboxylic acids is 1. The Hall–Kier alpha value is -2.09. The minimum Gasteiger partial charge on any atom is -0.348 e. The van der Waals surface area contributed by atoms with E-state index in [9.17, 15) is 9.59 Å². The molecular formula is C15H19N5O2S. The number of nitrogens with zero attached hydrogens (tertiary/aromatic N) is 3. The van der Waals surface area contributed by atoms with Crippen LogP contribution in [0.4, 0.5) is 0 Å². The SMILES string of the molecule is Cn1ccnc1SC1CCC(NC(=O)c2c[nH]c(=O)cn2)CC1. The van der Waals surface area contributed by atoms with Crippen LogP contribution in [0.2, 0.25) is 0 Å². The molecule has 2 aromatic heterocycles. The maximum atomic E-state index is 12.1. The molecule has 2 N–H and O–H groups in total. The number of aromatic nitrogens is 4. The highest BCUT2D eigenvalue weighted by Gasteiger charge is 2.24. The summed E-state index contributed by atoms with van der Waals surface area (Å²) in [5.74, 6) is -0.235. The van der Waals surface area contributed by atoms with Crippen molar-refractivity contribution in [3.63, 3.8) is 0 Å². The quantitative estimate of drug-likeness (QED) is 0.881. The molecule has 0 unspecified atom stereocenters. The zero-order chi connectivity index (χ0) is 16.2. The molecule has 1 fully saturated rings. The minimum absolute atomic E-state index is 0.162.